The maximum atomic E-state index is 14.7. The Bertz CT molecular complexity index is 1060. The Morgan fingerprint density at radius 2 is 1.79 bits per heavy atom. The van der Waals surface area contributed by atoms with Crippen molar-refractivity contribution < 1.29 is 12.8 Å². The van der Waals surface area contributed by atoms with E-state index in [1.165, 1.54) is 28.3 Å². The monoisotopic (exact) mass is 434 g/mol. The van der Waals surface area contributed by atoms with E-state index in [2.05, 4.69) is 24.6 Å². The standard InChI is InChI=1S/C18H19FN6O2S2/c19-15-10-14(11-23-29(26,27)17-12-28-13-22-17)2-3-16(15)24-6-8-25(9-7-24)18-20-4-1-5-21-18/h1-5,10,12-13,23H,6-9,11H2. The number of hydrogen-bond acceptors (Lipinski definition) is 8. The van der Waals surface area contributed by atoms with Crippen LogP contribution in [0.25, 0.3) is 0 Å². The van der Waals surface area contributed by atoms with Crippen LogP contribution in [0.2, 0.25) is 0 Å². The second-order valence-corrected chi connectivity index (χ2v) is 8.89. The van der Waals surface area contributed by atoms with E-state index in [-0.39, 0.29) is 17.4 Å². The van der Waals surface area contributed by atoms with Gasteiger partial charge >= 0.3 is 0 Å². The van der Waals surface area contributed by atoms with Crippen LogP contribution in [-0.2, 0) is 16.6 Å². The molecule has 0 spiro atoms. The van der Waals surface area contributed by atoms with Gasteiger partial charge in [0.1, 0.15) is 5.82 Å². The lowest BCUT2D eigenvalue weighted by Gasteiger charge is -2.36. The summed E-state index contributed by atoms with van der Waals surface area (Å²) < 4.78 is 41.4. The molecule has 1 N–H and O–H groups in total. The average Bonchev–Trinajstić information content (AvgIpc) is 3.29. The van der Waals surface area contributed by atoms with E-state index in [0.29, 0.717) is 43.4 Å². The number of sulfonamides is 1. The van der Waals surface area contributed by atoms with Crippen molar-refractivity contribution in [1.29, 1.82) is 0 Å². The first-order valence-corrected chi connectivity index (χ1v) is 11.4. The number of nitrogens with one attached hydrogen (secondary N) is 1. The van der Waals surface area contributed by atoms with E-state index in [1.807, 2.05) is 4.90 Å². The minimum atomic E-state index is -3.69. The number of benzene rings is 1. The number of aromatic nitrogens is 3. The molecule has 3 aromatic rings. The molecule has 29 heavy (non-hydrogen) atoms. The molecule has 1 fully saturated rings. The van der Waals surface area contributed by atoms with Crippen molar-refractivity contribution in [3.63, 3.8) is 0 Å². The highest BCUT2D eigenvalue weighted by Crippen LogP contribution is 2.23. The van der Waals surface area contributed by atoms with E-state index in [0.717, 1.165) is 0 Å². The number of hydrogen-bond donors (Lipinski definition) is 1. The number of anilines is 2. The van der Waals surface area contributed by atoms with Crippen LogP contribution >= 0.6 is 11.3 Å². The third kappa shape index (κ3) is 4.52. The zero-order chi connectivity index (χ0) is 20.3. The summed E-state index contributed by atoms with van der Waals surface area (Å²) in [4.78, 5) is 16.3. The van der Waals surface area contributed by atoms with Crippen LogP contribution in [-0.4, -0.2) is 49.5 Å². The molecule has 0 bridgehead atoms. The fourth-order valence-electron chi connectivity index (χ4n) is 3.11. The van der Waals surface area contributed by atoms with E-state index in [9.17, 15) is 12.8 Å². The van der Waals surface area contributed by atoms with Crippen LogP contribution in [0.5, 0.6) is 0 Å². The van der Waals surface area contributed by atoms with Crippen LogP contribution in [0.15, 0.2) is 52.6 Å². The van der Waals surface area contributed by atoms with Gasteiger partial charge in [-0.05, 0) is 23.8 Å². The van der Waals surface area contributed by atoms with Gasteiger partial charge in [-0.2, -0.15) is 0 Å². The SMILES string of the molecule is O=S(=O)(NCc1ccc(N2CCN(c3ncccn3)CC2)c(F)c1)c1cscn1. The zero-order valence-corrected chi connectivity index (χ0v) is 17.0. The molecule has 4 rings (SSSR count). The Morgan fingerprint density at radius 1 is 1.07 bits per heavy atom. The highest BCUT2D eigenvalue weighted by atomic mass is 32.2. The molecule has 1 aliphatic heterocycles. The quantitative estimate of drug-likeness (QED) is 0.633. The first-order chi connectivity index (χ1) is 14.0. The lowest BCUT2D eigenvalue weighted by molar-refractivity contribution is 0.576. The number of nitrogens with zero attached hydrogens (tertiary/aromatic N) is 5. The molecule has 3 heterocycles. The molecule has 8 nitrogen and oxygen atoms in total. The molecule has 0 unspecified atom stereocenters. The van der Waals surface area contributed by atoms with Gasteiger partial charge in [0.15, 0.2) is 5.03 Å². The second kappa shape index (κ2) is 8.39. The smallest absolute Gasteiger partial charge is 0.259 e. The van der Waals surface area contributed by atoms with E-state index < -0.39 is 10.0 Å². The van der Waals surface area contributed by atoms with Crippen LogP contribution < -0.4 is 14.5 Å². The van der Waals surface area contributed by atoms with Gasteiger partial charge in [-0.25, -0.2) is 32.5 Å². The molecule has 0 atom stereocenters. The Hall–Kier alpha value is -2.63. The summed E-state index contributed by atoms with van der Waals surface area (Å²) in [5, 5.41) is 1.42. The molecule has 0 amide bonds. The molecule has 0 aliphatic carbocycles. The van der Waals surface area contributed by atoms with Gasteiger partial charge in [0.05, 0.1) is 11.2 Å². The number of piperazine rings is 1. The lowest BCUT2D eigenvalue weighted by atomic mass is 10.1. The molecular weight excluding hydrogens is 415 g/mol. The highest BCUT2D eigenvalue weighted by molar-refractivity contribution is 7.89. The maximum absolute atomic E-state index is 14.7. The molecule has 1 saturated heterocycles. The first kappa shape index (κ1) is 19.7. The molecule has 1 aliphatic rings. The van der Waals surface area contributed by atoms with Crippen molar-refractivity contribution in [3.05, 3.63) is 58.9 Å². The van der Waals surface area contributed by atoms with Gasteiger partial charge in [-0.15, -0.1) is 11.3 Å². The van der Waals surface area contributed by atoms with E-state index in [1.54, 1.807) is 30.6 Å². The van der Waals surface area contributed by atoms with Crippen molar-refractivity contribution in [1.82, 2.24) is 19.7 Å². The predicted octanol–water partition coefficient (Wildman–Crippen LogP) is 1.88. The lowest BCUT2D eigenvalue weighted by Crippen LogP contribution is -2.47. The van der Waals surface area contributed by atoms with Crippen molar-refractivity contribution >= 4 is 33.0 Å². The minimum Gasteiger partial charge on any atom is -0.366 e. The van der Waals surface area contributed by atoms with Crippen LogP contribution in [0, 0.1) is 5.82 Å². The Morgan fingerprint density at radius 3 is 2.45 bits per heavy atom. The van der Waals surface area contributed by atoms with Crippen LogP contribution in [0.1, 0.15) is 5.56 Å². The van der Waals surface area contributed by atoms with E-state index >= 15 is 0 Å². The molecular formula is C18H19FN6O2S2. The van der Waals surface area contributed by atoms with Crippen LogP contribution in [0.3, 0.4) is 0 Å². The summed E-state index contributed by atoms with van der Waals surface area (Å²) >= 11 is 1.20. The number of rotatable bonds is 6. The van der Waals surface area contributed by atoms with Gasteiger partial charge in [-0.1, -0.05) is 6.07 Å². The third-order valence-electron chi connectivity index (χ3n) is 4.62. The highest BCUT2D eigenvalue weighted by Gasteiger charge is 2.21. The van der Waals surface area contributed by atoms with Crippen molar-refractivity contribution in [2.24, 2.45) is 0 Å². The Labute approximate surface area is 172 Å². The van der Waals surface area contributed by atoms with Crippen molar-refractivity contribution in [3.8, 4) is 0 Å². The average molecular weight is 435 g/mol. The molecule has 2 aromatic heterocycles. The normalized spacial score (nSPS) is 14.9. The fraction of sp³-hybridized carbons (Fsp3) is 0.278. The van der Waals surface area contributed by atoms with Gasteiger partial charge in [-0.3, -0.25) is 0 Å². The van der Waals surface area contributed by atoms with Gasteiger partial charge < -0.3 is 9.80 Å². The van der Waals surface area contributed by atoms with Gasteiger partial charge in [0, 0.05) is 50.5 Å². The second-order valence-electron chi connectivity index (χ2n) is 6.46. The third-order valence-corrected chi connectivity index (χ3v) is 6.65. The summed E-state index contributed by atoms with van der Waals surface area (Å²) in [6.45, 7) is 2.67. The van der Waals surface area contributed by atoms with Gasteiger partial charge in [0.25, 0.3) is 10.0 Å². The van der Waals surface area contributed by atoms with Gasteiger partial charge in [0.2, 0.25) is 5.95 Å². The number of thiazole rings is 1. The van der Waals surface area contributed by atoms with Crippen molar-refractivity contribution in [2.45, 2.75) is 11.6 Å². The molecule has 11 heteroatoms. The fourth-order valence-corrected chi connectivity index (χ4v) is 4.95. The summed E-state index contributed by atoms with van der Waals surface area (Å²) in [5.74, 6) is 0.301. The Balaban J connectivity index is 1.38. The van der Waals surface area contributed by atoms with E-state index in [4.69, 9.17) is 0 Å². The molecule has 152 valence electrons. The van der Waals surface area contributed by atoms with Crippen molar-refractivity contribution in [2.75, 3.05) is 36.0 Å². The molecule has 0 radical (unpaired) electrons. The molecule has 0 saturated carbocycles. The minimum absolute atomic E-state index is 0.00379. The largest absolute Gasteiger partial charge is 0.366 e. The summed E-state index contributed by atoms with van der Waals surface area (Å²) in [7, 11) is -3.69. The topological polar surface area (TPSA) is 91.3 Å². The summed E-state index contributed by atoms with van der Waals surface area (Å²) in [6.07, 6.45) is 3.41. The van der Waals surface area contributed by atoms with Crippen LogP contribution in [0.4, 0.5) is 16.0 Å². The zero-order valence-electron chi connectivity index (χ0n) is 15.4. The first-order valence-electron chi connectivity index (χ1n) is 8.96. The summed E-state index contributed by atoms with van der Waals surface area (Å²) in [6, 6.07) is 6.56. The number of halogens is 1. The molecule has 1 aromatic carbocycles. The maximum Gasteiger partial charge on any atom is 0.259 e. The predicted molar refractivity (Wildman–Crippen MR) is 109 cm³/mol. The Kier molecular flexibility index (Phi) is 5.69. The summed E-state index contributed by atoms with van der Waals surface area (Å²) in [5.41, 5.74) is 2.50.